The number of hydrogen-bond donors (Lipinski definition) is 0. The largest absolute Gasteiger partial charge is 0.497 e. The minimum atomic E-state index is -3.59. The fourth-order valence-corrected chi connectivity index (χ4v) is 7.59. The third-order valence-electron chi connectivity index (χ3n) is 8.89. The van der Waals surface area contributed by atoms with Crippen molar-refractivity contribution in [3.05, 3.63) is 89.5 Å². The second kappa shape index (κ2) is 12.3. The van der Waals surface area contributed by atoms with Crippen molar-refractivity contribution in [2.24, 2.45) is 0 Å². The van der Waals surface area contributed by atoms with Crippen LogP contribution in [0.25, 0.3) is 0 Å². The lowest BCUT2D eigenvalue weighted by Crippen LogP contribution is -2.57. The monoisotopic (exact) mass is 575 g/mol. The van der Waals surface area contributed by atoms with E-state index in [-0.39, 0.29) is 16.8 Å². The van der Waals surface area contributed by atoms with Gasteiger partial charge in [-0.2, -0.15) is 0 Å². The Morgan fingerprint density at radius 1 is 0.878 bits per heavy atom. The second-order valence-corrected chi connectivity index (χ2v) is 13.3. The molecule has 2 heterocycles. The van der Waals surface area contributed by atoms with Gasteiger partial charge in [0.1, 0.15) is 5.75 Å². The zero-order chi connectivity index (χ0) is 29.1. The van der Waals surface area contributed by atoms with Gasteiger partial charge < -0.3 is 9.64 Å². The number of methoxy groups -OCH3 is 1. The summed E-state index contributed by atoms with van der Waals surface area (Å²) in [6.07, 6.45) is 2.01. The summed E-state index contributed by atoms with van der Waals surface area (Å²) in [7, 11) is -2.03. The van der Waals surface area contributed by atoms with Gasteiger partial charge in [0.25, 0.3) is 5.91 Å². The van der Waals surface area contributed by atoms with Gasteiger partial charge in [-0.25, -0.2) is 8.42 Å². The molecular formula is C33H41N3O4S. The van der Waals surface area contributed by atoms with E-state index >= 15 is 0 Å². The average Bonchev–Trinajstić information content (AvgIpc) is 3.01. The van der Waals surface area contributed by atoms with Gasteiger partial charge >= 0.3 is 0 Å². The number of aryl methyl sites for hydroxylation is 1. The number of nitrogens with zero attached hydrogens (tertiary/aromatic N) is 3. The highest BCUT2D eigenvalue weighted by molar-refractivity contribution is 7.91. The molecule has 0 N–H and O–H groups in total. The first-order valence-corrected chi connectivity index (χ1v) is 16.0. The number of carbonyl (C=O) groups excluding carboxylic acids is 1. The normalized spacial score (nSPS) is 20.1. The van der Waals surface area contributed by atoms with Gasteiger partial charge in [0.2, 0.25) is 9.84 Å². The molecule has 0 radical (unpaired) electrons. The third kappa shape index (κ3) is 6.20. The van der Waals surface area contributed by atoms with Crippen LogP contribution in [-0.4, -0.2) is 80.9 Å². The molecule has 2 aliphatic heterocycles. The first kappa shape index (κ1) is 29.3. The van der Waals surface area contributed by atoms with Crippen LogP contribution in [0.3, 0.4) is 0 Å². The Morgan fingerprint density at radius 2 is 1.49 bits per heavy atom. The zero-order valence-corrected chi connectivity index (χ0v) is 25.3. The van der Waals surface area contributed by atoms with Crippen LogP contribution in [0.1, 0.15) is 54.2 Å². The summed E-state index contributed by atoms with van der Waals surface area (Å²) in [5.74, 6) is 0.775. The number of rotatable bonds is 7. The van der Waals surface area contributed by atoms with Crippen molar-refractivity contribution < 1.29 is 17.9 Å². The average molecular weight is 576 g/mol. The van der Waals surface area contributed by atoms with E-state index in [1.807, 2.05) is 48.2 Å². The molecule has 2 aliphatic rings. The Labute approximate surface area is 244 Å². The highest BCUT2D eigenvalue weighted by atomic mass is 32.2. The van der Waals surface area contributed by atoms with Crippen molar-refractivity contribution in [1.29, 1.82) is 0 Å². The quantitative estimate of drug-likeness (QED) is 0.385. The minimum absolute atomic E-state index is 0.149. The molecule has 3 aromatic rings. The Hall–Kier alpha value is -3.20. The number of benzene rings is 3. The summed E-state index contributed by atoms with van der Waals surface area (Å²) in [6, 6.07) is 22.7. The molecule has 218 valence electrons. The van der Waals surface area contributed by atoms with Crippen molar-refractivity contribution in [3.8, 4) is 5.75 Å². The summed E-state index contributed by atoms with van der Waals surface area (Å²) >= 11 is 0. The molecule has 0 saturated carbocycles. The van der Waals surface area contributed by atoms with E-state index in [1.54, 1.807) is 43.5 Å². The summed E-state index contributed by atoms with van der Waals surface area (Å²) in [6.45, 7) is 11.0. The number of amides is 1. The molecule has 7 nitrogen and oxygen atoms in total. The van der Waals surface area contributed by atoms with Gasteiger partial charge in [-0.3, -0.25) is 14.6 Å². The van der Waals surface area contributed by atoms with Gasteiger partial charge in [-0.05, 0) is 87.2 Å². The maximum Gasteiger partial charge on any atom is 0.254 e. The molecule has 8 heteroatoms. The van der Waals surface area contributed by atoms with E-state index < -0.39 is 9.84 Å². The molecule has 1 amide bonds. The van der Waals surface area contributed by atoms with E-state index in [1.165, 1.54) is 0 Å². The topological polar surface area (TPSA) is 70.2 Å². The van der Waals surface area contributed by atoms with Gasteiger partial charge in [0, 0.05) is 56.4 Å². The van der Waals surface area contributed by atoms with Crippen LogP contribution in [0, 0.1) is 6.92 Å². The maximum atomic E-state index is 13.1. The Balaban J connectivity index is 1.16. The van der Waals surface area contributed by atoms with E-state index in [9.17, 15) is 13.2 Å². The van der Waals surface area contributed by atoms with Crippen LogP contribution in [0.15, 0.2) is 82.6 Å². The van der Waals surface area contributed by atoms with Gasteiger partial charge in [-0.1, -0.05) is 30.3 Å². The standard InChI is InChI=1S/C33H41N3O4S/c1-24-7-5-6-8-32(24)33(37)34-19-17-28(18-20-34)35-21-22-36(25(2)23-35)26(3)27-9-13-30(14-10-27)41(38,39)31-15-11-29(40-4)12-16-31/h5-16,25-26,28H,17-23H2,1-4H3/t25-,26+/m1/s1. The molecule has 2 fully saturated rings. The number of likely N-dealkylation sites (tertiary alicyclic amines) is 1. The van der Waals surface area contributed by atoms with Crippen molar-refractivity contribution in [2.45, 2.75) is 61.5 Å². The first-order valence-electron chi connectivity index (χ1n) is 14.5. The molecule has 0 aliphatic carbocycles. The van der Waals surface area contributed by atoms with Gasteiger partial charge in [0.15, 0.2) is 0 Å². The number of ether oxygens (including phenoxy) is 1. The maximum absolute atomic E-state index is 13.1. The highest BCUT2D eigenvalue weighted by Crippen LogP contribution is 2.30. The number of piperidine rings is 1. The van der Waals surface area contributed by atoms with Crippen molar-refractivity contribution in [3.63, 3.8) is 0 Å². The molecule has 0 unspecified atom stereocenters. The first-order chi connectivity index (χ1) is 19.7. The lowest BCUT2D eigenvalue weighted by molar-refractivity contribution is 0.0135. The van der Waals surface area contributed by atoms with Crippen LogP contribution in [-0.2, 0) is 9.84 Å². The molecule has 3 aromatic carbocycles. The summed E-state index contributed by atoms with van der Waals surface area (Å²) < 4.78 is 31.4. The van der Waals surface area contributed by atoms with Crippen molar-refractivity contribution in [1.82, 2.24) is 14.7 Å². The second-order valence-electron chi connectivity index (χ2n) is 11.3. The molecule has 0 bridgehead atoms. The van der Waals surface area contributed by atoms with Crippen LogP contribution in [0.4, 0.5) is 0 Å². The molecule has 0 aromatic heterocycles. The van der Waals surface area contributed by atoms with E-state index in [2.05, 4.69) is 23.6 Å². The molecule has 2 atom stereocenters. The van der Waals surface area contributed by atoms with Crippen LogP contribution in [0.5, 0.6) is 5.75 Å². The summed E-state index contributed by atoms with van der Waals surface area (Å²) in [4.78, 5) is 20.7. The Kier molecular flexibility index (Phi) is 8.82. The zero-order valence-electron chi connectivity index (χ0n) is 24.5. The lowest BCUT2D eigenvalue weighted by Gasteiger charge is -2.47. The van der Waals surface area contributed by atoms with Gasteiger partial charge in [0.05, 0.1) is 16.9 Å². The Bertz CT molecular complexity index is 1450. The summed E-state index contributed by atoms with van der Waals surface area (Å²) in [5.41, 5.74) is 2.96. The molecule has 5 rings (SSSR count). The van der Waals surface area contributed by atoms with Crippen LogP contribution in [0.2, 0.25) is 0 Å². The van der Waals surface area contributed by atoms with Crippen molar-refractivity contribution >= 4 is 15.7 Å². The lowest BCUT2D eigenvalue weighted by atomic mass is 9.98. The van der Waals surface area contributed by atoms with Gasteiger partial charge in [-0.15, -0.1) is 0 Å². The number of carbonyl (C=O) groups is 1. The summed E-state index contributed by atoms with van der Waals surface area (Å²) in [5, 5.41) is 0. The van der Waals surface area contributed by atoms with Crippen molar-refractivity contribution in [2.75, 3.05) is 39.8 Å². The fourth-order valence-electron chi connectivity index (χ4n) is 6.33. The number of hydrogen-bond acceptors (Lipinski definition) is 6. The Morgan fingerprint density at radius 3 is 2.07 bits per heavy atom. The third-order valence-corrected chi connectivity index (χ3v) is 10.7. The SMILES string of the molecule is COc1ccc(S(=O)(=O)c2ccc([C@H](C)N3CCN(C4CCN(C(=O)c5ccccc5C)CC4)C[C@H]3C)cc2)cc1. The van der Waals surface area contributed by atoms with E-state index in [0.29, 0.717) is 22.7 Å². The number of piperazine rings is 1. The smallest absolute Gasteiger partial charge is 0.254 e. The van der Waals surface area contributed by atoms with E-state index in [4.69, 9.17) is 4.74 Å². The molecule has 41 heavy (non-hydrogen) atoms. The minimum Gasteiger partial charge on any atom is -0.497 e. The van der Waals surface area contributed by atoms with Crippen LogP contribution < -0.4 is 4.74 Å². The van der Waals surface area contributed by atoms with E-state index in [0.717, 1.165) is 62.3 Å². The molecular weight excluding hydrogens is 534 g/mol. The molecule has 0 spiro atoms. The highest BCUT2D eigenvalue weighted by Gasteiger charge is 2.34. The molecule has 2 saturated heterocycles. The van der Waals surface area contributed by atoms with Crippen LogP contribution >= 0.6 is 0 Å². The fraction of sp³-hybridized carbons (Fsp3) is 0.424. The number of sulfone groups is 1. The predicted octanol–water partition coefficient (Wildman–Crippen LogP) is 5.21. The predicted molar refractivity (Wildman–Crippen MR) is 161 cm³/mol.